The Bertz CT molecular complexity index is 1410. The molecule has 0 bridgehead atoms. The second kappa shape index (κ2) is 6.42. The highest BCUT2D eigenvalue weighted by Crippen LogP contribution is 2.42. The number of hydrogen-bond donors (Lipinski definition) is 1. The lowest BCUT2D eigenvalue weighted by Crippen LogP contribution is -2.15. The summed E-state index contributed by atoms with van der Waals surface area (Å²) in [5, 5.41) is 22.9. The number of ether oxygens (including phenoxy) is 1. The zero-order chi connectivity index (χ0) is 20.2. The van der Waals surface area contributed by atoms with Crippen LogP contribution in [0.4, 0.5) is 0 Å². The zero-order valence-corrected chi connectivity index (χ0v) is 17.0. The number of nitrogens with zero attached hydrogens (tertiary/aromatic N) is 7. The molecule has 30 heavy (non-hydrogen) atoms. The minimum absolute atomic E-state index is 0.0917. The summed E-state index contributed by atoms with van der Waals surface area (Å²) in [7, 11) is 1.65. The van der Waals surface area contributed by atoms with Crippen molar-refractivity contribution < 1.29 is 4.74 Å². The van der Waals surface area contributed by atoms with Gasteiger partial charge >= 0.3 is 0 Å². The molecule has 0 radical (unpaired) electrons. The van der Waals surface area contributed by atoms with Crippen molar-refractivity contribution in [1.82, 2.24) is 34.9 Å². The van der Waals surface area contributed by atoms with Crippen LogP contribution in [0.1, 0.15) is 16.5 Å². The number of nitrogens with one attached hydrogen (secondary N) is 1. The van der Waals surface area contributed by atoms with E-state index in [1.165, 1.54) is 5.56 Å². The minimum atomic E-state index is -0.0917. The Morgan fingerprint density at radius 1 is 1.03 bits per heavy atom. The third-order valence-corrected chi connectivity index (χ3v) is 6.25. The lowest BCUT2D eigenvalue weighted by atomic mass is 10.1. The standard InChI is InChI=1S/C20H16N8OS/c1-11-3-8-16-13(9-11)10-15(18-22-25-26-27(16)18)19-24-28-17(21-23-20(28)30-19)12-4-6-14(29-2)7-5-12/h3-10,19,24H,1-2H3. The van der Waals surface area contributed by atoms with Crippen LogP contribution >= 0.6 is 11.8 Å². The van der Waals surface area contributed by atoms with E-state index in [4.69, 9.17) is 4.74 Å². The van der Waals surface area contributed by atoms with Gasteiger partial charge in [0.15, 0.2) is 11.5 Å². The molecule has 2 aromatic carbocycles. The Kier molecular flexibility index (Phi) is 3.69. The first-order chi connectivity index (χ1) is 14.7. The van der Waals surface area contributed by atoms with Gasteiger partial charge in [0.2, 0.25) is 5.16 Å². The molecule has 0 saturated heterocycles. The number of thioether (sulfide) groups is 1. The number of pyridine rings is 1. The van der Waals surface area contributed by atoms with Crippen LogP contribution in [0.5, 0.6) is 5.75 Å². The van der Waals surface area contributed by atoms with Crippen molar-refractivity contribution in [3.63, 3.8) is 0 Å². The monoisotopic (exact) mass is 416 g/mol. The SMILES string of the molecule is COc1ccc(-c2nnc3n2NC(c2cc4cc(C)ccc4n4nnnc24)S3)cc1. The second-order valence-electron chi connectivity index (χ2n) is 7.07. The molecule has 148 valence electrons. The van der Waals surface area contributed by atoms with E-state index in [0.717, 1.165) is 44.4 Å². The van der Waals surface area contributed by atoms with Gasteiger partial charge in [0.25, 0.3) is 0 Å². The van der Waals surface area contributed by atoms with E-state index in [1.54, 1.807) is 23.4 Å². The van der Waals surface area contributed by atoms with Crippen molar-refractivity contribution in [2.24, 2.45) is 0 Å². The summed E-state index contributed by atoms with van der Waals surface area (Å²) in [5.41, 5.74) is 8.34. The summed E-state index contributed by atoms with van der Waals surface area (Å²) in [4.78, 5) is 0. The molecular weight excluding hydrogens is 400 g/mol. The molecule has 0 fully saturated rings. The molecule has 0 amide bonds. The average molecular weight is 416 g/mol. The van der Waals surface area contributed by atoms with Crippen LogP contribution in [0.25, 0.3) is 27.9 Å². The number of rotatable bonds is 3. The van der Waals surface area contributed by atoms with Gasteiger partial charge in [0.05, 0.1) is 12.6 Å². The van der Waals surface area contributed by atoms with Gasteiger partial charge in [-0.1, -0.05) is 23.4 Å². The van der Waals surface area contributed by atoms with Crippen molar-refractivity contribution >= 4 is 28.3 Å². The first-order valence-corrected chi connectivity index (χ1v) is 10.2. The largest absolute Gasteiger partial charge is 0.497 e. The van der Waals surface area contributed by atoms with Gasteiger partial charge < -0.3 is 10.2 Å². The van der Waals surface area contributed by atoms with Crippen LogP contribution in [0.2, 0.25) is 0 Å². The third kappa shape index (κ3) is 2.53. The van der Waals surface area contributed by atoms with E-state index >= 15 is 0 Å². The van der Waals surface area contributed by atoms with Crippen LogP contribution < -0.4 is 10.2 Å². The van der Waals surface area contributed by atoms with Crippen molar-refractivity contribution in [3.8, 4) is 17.1 Å². The molecule has 9 nitrogen and oxygen atoms in total. The van der Waals surface area contributed by atoms with Gasteiger partial charge in [-0.05, 0) is 59.8 Å². The summed E-state index contributed by atoms with van der Waals surface area (Å²) >= 11 is 1.59. The van der Waals surface area contributed by atoms with Crippen molar-refractivity contribution in [3.05, 3.63) is 59.7 Å². The highest BCUT2D eigenvalue weighted by Gasteiger charge is 2.30. The Morgan fingerprint density at radius 3 is 2.73 bits per heavy atom. The smallest absolute Gasteiger partial charge is 0.212 e. The number of benzene rings is 2. The van der Waals surface area contributed by atoms with Crippen LogP contribution in [-0.4, -0.2) is 42.0 Å². The molecule has 1 N–H and O–H groups in total. The molecule has 0 spiro atoms. The van der Waals surface area contributed by atoms with E-state index in [0.29, 0.717) is 0 Å². The van der Waals surface area contributed by atoms with Gasteiger partial charge in [-0.2, -0.15) is 4.52 Å². The maximum atomic E-state index is 5.25. The first-order valence-electron chi connectivity index (χ1n) is 9.36. The molecule has 4 heterocycles. The molecule has 10 heteroatoms. The Labute approximate surface area is 175 Å². The molecule has 1 aliphatic rings. The number of hydrogen-bond acceptors (Lipinski definition) is 8. The van der Waals surface area contributed by atoms with Gasteiger partial charge in [-0.15, -0.1) is 15.3 Å². The Hall–Kier alpha value is -3.66. The quantitative estimate of drug-likeness (QED) is 0.479. The van der Waals surface area contributed by atoms with E-state index in [-0.39, 0.29) is 5.37 Å². The van der Waals surface area contributed by atoms with E-state index in [2.05, 4.69) is 56.3 Å². The third-order valence-electron chi connectivity index (χ3n) is 5.18. The molecule has 1 atom stereocenters. The maximum absolute atomic E-state index is 5.25. The average Bonchev–Trinajstić information content (AvgIpc) is 3.49. The highest BCUT2D eigenvalue weighted by molar-refractivity contribution is 7.99. The summed E-state index contributed by atoms with van der Waals surface area (Å²) < 4.78 is 8.95. The number of methoxy groups -OCH3 is 1. The van der Waals surface area contributed by atoms with Crippen LogP contribution in [0, 0.1) is 6.92 Å². The van der Waals surface area contributed by atoms with Crippen LogP contribution in [0.15, 0.2) is 53.7 Å². The highest BCUT2D eigenvalue weighted by atomic mass is 32.2. The molecule has 0 aliphatic carbocycles. The normalized spacial score (nSPS) is 15.5. The van der Waals surface area contributed by atoms with E-state index in [1.807, 2.05) is 35.0 Å². The fourth-order valence-corrected chi connectivity index (χ4v) is 4.71. The fourth-order valence-electron chi connectivity index (χ4n) is 3.71. The summed E-state index contributed by atoms with van der Waals surface area (Å²) in [5.74, 6) is 1.54. The number of aromatic nitrogens is 7. The van der Waals surface area contributed by atoms with Gasteiger partial charge in [0, 0.05) is 16.5 Å². The van der Waals surface area contributed by atoms with Crippen LogP contribution in [0.3, 0.4) is 0 Å². The molecule has 3 aromatic heterocycles. The number of aryl methyl sites for hydroxylation is 1. The molecule has 0 saturated carbocycles. The predicted molar refractivity (Wildman–Crippen MR) is 113 cm³/mol. The Balaban J connectivity index is 1.42. The van der Waals surface area contributed by atoms with Gasteiger partial charge in [0.1, 0.15) is 11.1 Å². The Morgan fingerprint density at radius 2 is 1.90 bits per heavy atom. The fraction of sp³-hybridized carbons (Fsp3) is 0.150. The number of tetrazole rings is 1. The second-order valence-corrected chi connectivity index (χ2v) is 8.15. The summed E-state index contributed by atoms with van der Waals surface area (Å²) in [6, 6.07) is 16.2. The van der Waals surface area contributed by atoms with E-state index < -0.39 is 0 Å². The van der Waals surface area contributed by atoms with Gasteiger partial charge in [-0.25, -0.2) is 4.68 Å². The maximum Gasteiger partial charge on any atom is 0.212 e. The first kappa shape index (κ1) is 17.2. The predicted octanol–water partition coefficient (Wildman–Crippen LogP) is 3.20. The summed E-state index contributed by atoms with van der Waals surface area (Å²) in [6.07, 6.45) is 0. The lowest BCUT2D eigenvalue weighted by molar-refractivity contribution is 0.415. The molecular formula is C20H16N8OS. The van der Waals surface area contributed by atoms with Crippen molar-refractivity contribution in [1.29, 1.82) is 0 Å². The molecule has 5 aromatic rings. The summed E-state index contributed by atoms with van der Waals surface area (Å²) in [6.45, 7) is 2.08. The lowest BCUT2D eigenvalue weighted by Gasteiger charge is -2.14. The molecule has 6 rings (SSSR count). The molecule has 1 unspecified atom stereocenters. The molecule has 1 aliphatic heterocycles. The number of fused-ring (bicyclic) bond motifs is 4. The van der Waals surface area contributed by atoms with Crippen molar-refractivity contribution in [2.45, 2.75) is 17.5 Å². The van der Waals surface area contributed by atoms with Crippen molar-refractivity contribution in [2.75, 3.05) is 12.5 Å². The van der Waals surface area contributed by atoms with Gasteiger partial charge in [-0.3, -0.25) is 0 Å². The minimum Gasteiger partial charge on any atom is -0.497 e. The topological polar surface area (TPSA) is 95.1 Å². The zero-order valence-electron chi connectivity index (χ0n) is 16.1. The van der Waals surface area contributed by atoms with Crippen LogP contribution in [-0.2, 0) is 0 Å². The van der Waals surface area contributed by atoms with E-state index in [9.17, 15) is 0 Å².